The molecule has 0 heterocycles. The van der Waals surface area contributed by atoms with E-state index in [2.05, 4.69) is 16.0 Å². The van der Waals surface area contributed by atoms with E-state index in [9.17, 15) is 9.59 Å². The molecule has 0 aliphatic heterocycles. The molecule has 0 bridgehead atoms. The number of nitrogens with one attached hydrogen (secondary N) is 3. The number of carbonyl (C=O) groups excluding carboxylic acids is 2. The predicted molar refractivity (Wildman–Crippen MR) is 128 cm³/mol. The van der Waals surface area contributed by atoms with Gasteiger partial charge in [0.25, 0.3) is 5.91 Å². The van der Waals surface area contributed by atoms with Gasteiger partial charge in [0, 0.05) is 23.9 Å². The highest BCUT2D eigenvalue weighted by Crippen LogP contribution is 2.15. The van der Waals surface area contributed by atoms with Crippen molar-refractivity contribution in [2.45, 2.75) is 6.92 Å². The Morgan fingerprint density at radius 1 is 0.781 bits per heavy atom. The third-order valence-corrected chi connectivity index (χ3v) is 4.35. The van der Waals surface area contributed by atoms with E-state index < -0.39 is 0 Å². The van der Waals surface area contributed by atoms with E-state index in [1.165, 1.54) is 6.92 Å². The summed E-state index contributed by atoms with van der Waals surface area (Å²) in [5.74, 6) is 0.823. The molecular formula is C24H23N3O4S. The third kappa shape index (κ3) is 7.41. The number of benzene rings is 3. The first-order valence-electron chi connectivity index (χ1n) is 9.90. The Bertz CT molecular complexity index is 1070. The molecule has 0 atom stereocenters. The van der Waals surface area contributed by atoms with Crippen LogP contribution in [0.5, 0.6) is 11.5 Å². The van der Waals surface area contributed by atoms with Crippen LogP contribution in [0.2, 0.25) is 0 Å². The van der Waals surface area contributed by atoms with Gasteiger partial charge in [0.1, 0.15) is 24.7 Å². The number of anilines is 2. The average Bonchev–Trinajstić information content (AvgIpc) is 2.78. The molecule has 0 aromatic heterocycles. The lowest BCUT2D eigenvalue weighted by Gasteiger charge is -2.12. The molecule has 0 aliphatic rings. The molecule has 0 unspecified atom stereocenters. The third-order valence-electron chi connectivity index (χ3n) is 4.15. The molecule has 0 spiro atoms. The molecule has 2 amide bonds. The Morgan fingerprint density at radius 3 is 2.03 bits per heavy atom. The highest BCUT2D eigenvalue weighted by Gasteiger charge is 2.09. The van der Waals surface area contributed by atoms with Crippen molar-refractivity contribution >= 4 is 40.5 Å². The Labute approximate surface area is 191 Å². The molecule has 3 aromatic carbocycles. The van der Waals surface area contributed by atoms with E-state index in [0.29, 0.717) is 35.9 Å². The summed E-state index contributed by atoms with van der Waals surface area (Å²) in [5.41, 5.74) is 1.76. The minimum absolute atomic E-state index is 0.150. The molecule has 0 saturated heterocycles. The Kier molecular flexibility index (Phi) is 8.16. The van der Waals surface area contributed by atoms with E-state index >= 15 is 0 Å². The summed E-state index contributed by atoms with van der Waals surface area (Å²) in [6.45, 7) is 2.17. The second kappa shape index (κ2) is 11.5. The summed E-state index contributed by atoms with van der Waals surface area (Å²) in [6, 6.07) is 23.3. The maximum absolute atomic E-state index is 12.5. The van der Waals surface area contributed by atoms with Crippen molar-refractivity contribution in [3.05, 3.63) is 84.4 Å². The van der Waals surface area contributed by atoms with Crippen molar-refractivity contribution in [2.24, 2.45) is 0 Å². The monoisotopic (exact) mass is 449 g/mol. The number of carbonyl (C=O) groups is 2. The summed E-state index contributed by atoms with van der Waals surface area (Å²) in [7, 11) is 0. The molecule has 0 aliphatic carbocycles. The fourth-order valence-corrected chi connectivity index (χ4v) is 2.95. The molecule has 0 fully saturated rings. The van der Waals surface area contributed by atoms with Gasteiger partial charge < -0.3 is 20.1 Å². The highest BCUT2D eigenvalue weighted by molar-refractivity contribution is 7.80. The zero-order valence-electron chi connectivity index (χ0n) is 17.5. The van der Waals surface area contributed by atoms with Crippen molar-refractivity contribution in [3.8, 4) is 11.5 Å². The molecule has 3 aromatic rings. The van der Waals surface area contributed by atoms with E-state index in [4.69, 9.17) is 21.7 Å². The fraction of sp³-hybridized carbons (Fsp3) is 0.125. The molecule has 164 valence electrons. The minimum atomic E-state index is -0.358. The standard InChI is InChI=1S/C24H23N3O4S/c1-17(28)25-19-10-12-20(13-11-19)26-24(32)27-23(29)18-6-5-9-22(16-18)31-15-14-30-21-7-3-2-4-8-21/h2-13,16H,14-15H2,1H3,(H,25,28)(H2,26,27,29,32). The number of amides is 2. The molecule has 7 nitrogen and oxygen atoms in total. The van der Waals surface area contributed by atoms with E-state index in [-0.39, 0.29) is 16.9 Å². The first kappa shape index (κ1) is 22.8. The summed E-state index contributed by atoms with van der Waals surface area (Å²) in [5, 5.41) is 8.41. The lowest BCUT2D eigenvalue weighted by Crippen LogP contribution is -2.34. The number of para-hydroxylation sites is 1. The van der Waals surface area contributed by atoms with Crippen molar-refractivity contribution in [2.75, 3.05) is 23.8 Å². The molecule has 3 rings (SSSR count). The van der Waals surface area contributed by atoms with Crippen molar-refractivity contribution < 1.29 is 19.1 Å². The number of hydrogen-bond donors (Lipinski definition) is 3. The van der Waals surface area contributed by atoms with Crippen molar-refractivity contribution in [1.82, 2.24) is 5.32 Å². The number of hydrogen-bond acceptors (Lipinski definition) is 5. The first-order valence-corrected chi connectivity index (χ1v) is 10.3. The van der Waals surface area contributed by atoms with Gasteiger partial charge in [-0.25, -0.2) is 0 Å². The quantitative estimate of drug-likeness (QED) is 0.352. The topological polar surface area (TPSA) is 88.7 Å². The summed E-state index contributed by atoms with van der Waals surface area (Å²) in [6.07, 6.45) is 0. The fourth-order valence-electron chi connectivity index (χ4n) is 2.74. The van der Waals surface area contributed by atoms with Gasteiger partial charge in [0.2, 0.25) is 5.91 Å². The van der Waals surface area contributed by atoms with Gasteiger partial charge >= 0.3 is 0 Å². The highest BCUT2D eigenvalue weighted by atomic mass is 32.1. The van der Waals surface area contributed by atoms with Gasteiger partial charge in [-0.15, -0.1) is 0 Å². The van der Waals surface area contributed by atoms with E-state index in [0.717, 1.165) is 5.75 Å². The van der Waals surface area contributed by atoms with Gasteiger partial charge in [0.15, 0.2) is 5.11 Å². The largest absolute Gasteiger partial charge is 0.490 e. The van der Waals surface area contributed by atoms with Crippen LogP contribution in [-0.2, 0) is 4.79 Å². The van der Waals surface area contributed by atoms with Gasteiger partial charge in [-0.1, -0.05) is 24.3 Å². The van der Waals surface area contributed by atoms with Crippen LogP contribution in [0.3, 0.4) is 0 Å². The number of thiocarbonyl (C=S) groups is 1. The smallest absolute Gasteiger partial charge is 0.257 e. The first-order chi connectivity index (χ1) is 15.5. The zero-order valence-corrected chi connectivity index (χ0v) is 18.3. The second-order valence-electron chi connectivity index (χ2n) is 6.70. The molecule has 32 heavy (non-hydrogen) atoms. The normalized spacial score (nSPS) is 10.0. The zero-order chi connectivity index (χ0) is 22.8. The Balaban J connectivity index is 1.47. The van der Waals surface area contributed by atoms with Crippen LogP contribution >= 0.6 is 12.2 Å². The van der Waals surface area contributed by atoms with Gasteiger partial charge in [-0.2, -0.15) is 0 Å². The SMILES string of the molecule is CC(=O)Nc1ccc(NC(=S)NC(=O)c2cccc(OCCOc3ccccc3)c2)cc1. The van der Waals surface area contributed by atoms with Crippen LogP contribution in [-0.4, -0.2) is 30.1 Å². The van der Waals surface area contributed by atoms with Gasteiger partial charge in [-0.05, 0) is 66.8 Å². The molecule has 3 N–H and O–H groups in total. The van der Waals surface area contributed by atoms with E-state index in [1.54, 1.807) is 48.5 Å². The Morgan fingerprint density at radius 2 is 1.38 bits per heavy atom. The molecule has 0 radical (unpaired) electrons. The van der Waals surface area contributed by atoms with Crippen molar-refractivity contribution in [3.63, 3.8) is 0 Å². The van der Waals surface area contributed by atoms with Crippen LogP contribution in [0.4, 0.5) is 11.4 Å². The second-order valence-corrected chi connectivity index (χ2v) is 7.11. The maximum atomic E-state index is 12.5. The molecular weight excluding hydrogens is 426 g/mol. The van der Waals surface area contributed by atoms with Gasteiger partial charge in [-0.3, -0.25) is 14.9 Å². The van der Waals surface area contributed by atoms with E-state index in [1.807, 2.05) is 30.3 Å². The van der Waals surface area contributed by atoms with Crippen LogP contribution in [0.1, 0.15) is 17.3 Å². The van der Waals surface area contributed by atoms with Gasteiger partial charge in [0.05, 0.1) is 0 Å². The predicted octanol–water partition coefficient (Wildman–Crippen LogP) is 4.23. The van der Waals surface area contributed by atoms with Crippen LogP contribution in [0.25, 0.3) is 0 Å². The summed E-state index contributed by atoms with van der Waals surface area (Å²) in [4.78, 5) is 23.6. The average molecular weight is 450 g/mol. The number of rotatable bonds is 8. The maximum Gasteiger partial charge on any atom is 0.257 e. The summed E-state index contributed by atoms with van der Waals surface area (Å²) >= 11 is 5.22. The van der Waals surface area contributed by atoms with Crippen LogP contribution in [0, 0.1) is 0 Å². The van der Waals surface area contributed by atoms with Crippen LogP contribution in [0.15, 0.2) is 78.9 Å². The van der Waals surface area contributed by atoms with Crippen LogP contribution < -0.4 is 25.4 Å². The lowest BCUT2D eigenvalue weighted by atomic mass is 10.2. The molecule has 8 heteroatoms. The Hall–Kier alpha value is -3.91. The molecule has 0 saturated carbocycles. The lowest BCUT2D eigenvalue weighted by molar-refractivity contribution is -0.114. The van der Waals surface area contributed by atoms with Crippen molar-refractivity contribution in [1.29, 1.82) is 0 Å². The summed E-state index contributed by atoms with van der Waals surface area (Å²) < 4.78 is 11.3. The number of ether oxygens (including phenoxy) is 2. The minimum Gasteiger partial charge on any atom is -0.490 e.